The van der Waals surface area contributed by atoms with Crippen LogP contribution in [0, 0.1) is 5.82 Å². The zero-order valence-corrected chi connectivity index (χ0v) is 19.1. The van der Waals surface area contributed by atoms with Crippen molar-refractivity contribution in [3.63, 3.8) is 0 Å². The van der Waals surface area contributed by atoms with E-state index in [9.17, 15) is 14.0 Å². The number of piperazine rings is 1. The number of carbonyl (C=O) groups is 2. The lowest BCUT2D eigenvalue weighted by Crippen LogP contribution is -2.55. The lowest BCUT2D eigenvalue weighted by atomic mass is 10.2. The monoisotopic (exact) mass is 468 g/mol. The number of nitrogens with one attached hydrogen (secondary N) is 1. The maximum absolute atomic E-state index is 13.4. The molecule has 1 N–H and O–H groups in total. The van der Waals surface area contributed by atoms with Gasteiger partial charge in [0, 0.05) is 32.2 Å². The molecule has 5 rings (SSSR count). The Morgan fingerprint density at radius 1 is 1.12 bits per heavy atom. The van der Waals surface area contributed by atoms with E-state index in [1.807, 2.05) is 24.4 Å². The van der Waals surface area contributed by atoms with E-state index in [4.69, 9.17) is 0 Å². The van der Waals surface area contributed by atoms with Crippen LogP contribution in [0.4, 0.5) is 4.39 Å². The van der Waals surface area contributed by atoms with Crippen molar-refractivity contribution in [2.24, 2.45) is 0 Å². The van der Waals surface area contributed by atoms with Crippen molar-refractivity contribution < 1.29 is 14.0 Å². The molecule has 1 aliphatic carbocycles. The highest BCUT2D eigenvalue weighted by Crippen LogP contribution is 2.26. The van der Waals surface area contributed by atoms with Gasteiger partial charge in [-0.25, -0.2) is 14.1 Å². The van der Waals surface area contributed by atoms with E-state index in [2.05, 4.69) is 20.3 Å². The lowest BCUT2D eigenvalue weighted by molar-refractivity contribution is -0.126. The predicted octanol–water partition coefficient (Wildman–Crippen LogP) is 2.56. The summed E-state index contributed by atoms with van der Waals surface area (Å²) in [5, 5.41) is 9.46. The van der Waals surface area contributed by atoms with Gasteiger partial charge in [-0.15, -0.1) is 16.4 Å². The van der Waals surface area contributed by atoms with E-state index in [0.717, 1.165) is 17.7 Å². The van der Waals surface area contributed by atoms with Gasteiger partial charge in [-0.1, -0.05) is 6.07 Å². The molecule has 8 nitrogen and oxygen atoms in total. The minimum Gasteiger partial charge on any atom is -0.352 e. The Hall–Kier alpha value is -3.11. The second-order valence-electron chi connectivity index (χ2n) is 8.41. The van der Waals surface area contributed by atoms with Crippen LogP contribution in [0.15, 0.2) is 41.8 Å². The zero-order valence-electron chi connectivity index (χ0n) is 18.3. The number of amides is 2. The minimum absolute atomic E-state index is 0.0533. The van der Waals surface area contributed by atoms with Crippen molar-refractivity contribution in [2.75, 3.05) is 26.2 Å². The van der Waals surface area contributed by atoms with Crippen molar-refractivity contribution in [2.45, 2.75) is 31.8 Å². The number of thiophene rings is 1. The molecule has 0 radical (unpaired) electrons. The van der Waals surface area contributed by atoms with Gasteiger partial charge in [0.1, 0.15) is 5.82 Å². The maximum atomic E-state index is 13.4. The first-order valence-electron chi connectivity index (χ1n) is 11.1. The summed E-state index contributed by atoms with van der Waals surface area (Å²) in [4.78, 5) is 34.8. The van der Waals surface area contributed by atoms with E-state index in [1.54, 1.807) is 21.7 Å². The van der Waals surface area contributed by atoms with Crippen LogP contribution in [0.5, 0.6) is 0 Å². The van der Waals surface area contributed by atoms with E-state index < -0.39 is 0 Å². The number of carbonyl (C=O) groups excluding carboxylic acids is 2. The van der Waals surface area contributed by atoms with Crippen LogP contribution in [0.25, 0.3) is 16.4 Å². The molecule has 2 amide bonds. The highest BCUT2D eigenvalue weighted by Gasteiger charge is 2.32. The van der Waals surface area contributed by atoms with E-state index >= 15 is 0 Å². The number of benzene rings is 1. The molecular formula is C23H25FN6O2S. The largest absolute Gasteiger partial charge is 0.352 e. The summed E-state index contributed by atoms with van der Waals surface area (Å²) < 4.78 is 15.0. The number of hydrogen-bond acceptors (Lipinski definition) is 6. The highest BCUT2D eigenvalue weighted by molar-refractivity contribution is 7.13. The number of rotatable bonds is 6. The van der Waals surface area contributed by atoms with E-state index in [-0.39, 0.29) is 29.5 Å². The Kier molecular flexibility index (Phi) is 5.94. The first kappa shape index (κ1) is 21.7. The molecule has 1 aromatic carbocycles. The molecule has 2 aromatic heterocycles. The Bertz CT molecular complexity index is 1130. The molecule has 3 heterocycles. The van der Waals surface area contributed by atoms with Crippen LogP contribution >= 0.6 is 11.3 Å². The van der Waals surface area contributed by atoms with Crippen LogP contribution in [0.1, 0.15) is 30.4 Å². The number of halogens is 1. The molecule has 2 fully saturated rings. The van der Waals surface area contributed by atoms with Gasteiger partial charge in [0.2, 0.25) is 11.7 Å². The number of aromatic nitrogens is 3. The molecule has 1 atom stereocenters. The van der Waals surface area contributed by atoms with Crippen molar-refractivity contribution in [1.82, 2.24) is 29.9 Å². The van der Waals surface area contributed by atoms with Crippen molar-refractivity contribution in [1.29, 1.82) is 0 Å². The third kappa shape index (κ3) is 4.67. The first-order valence-corrected chi connectivity index (χ1v) is 12.0. The summed E-state index contributed by atoms with van der Waals surface area (Å²) in [6.07, 6.45) is 2.12. The van der Waals surface area contributed by atoms with Gasteiger partial charge in [0.15, 0.2) is 5.82 Å². The minimum atomic E-state index is -0.342. The average molecular weight is 469 g/mol. The lowest BCUT2D eigenvalue weighted by Gasteiger charge is -2.37. The molecule has 172 valence electrons. The second kappa shape index (κ2) is 9.03. The molecule has 1 saturated heterocycles. The quantitative estimate of drug-likeness (QED) is 0.601. The highest BCUT2D eigenvalue weighted by atomic mass is 32.1. The second-order valence-corrected chi connectivity index (χ2v) is 9.36. The summed E-state index contributed by atoms with van der Waals surface area (Å²) in [6.45, 7) is 4.13. The molecule has 33 heavy (non-hydrogen) atoms. The normalized spacial score (nSPS) is 17.7. The van der Waals surface area contributed by atoms with Crippen LogP contribution in [-0.4, -0.2) is 74.6 Å². The number of nitrogens with zero attached hydrogens (tertiary/aromatic N) is 5. The molecule has 1 saturated carbocycles. The standard InChI is InChI=1S/C23H25FN6O2S/c1-15(22(31)25-17-6-7-17)28-10-12-29(13-11-28)23(32)20-26-21(19-3-2-14-33-19)30(27-20)18-8-4-16(24)5-9-18/h2-5,8-9,14-15,17H,6-7,10-13H2,1H3,(H,25,31). The van der Waals surface area contributed by atoms with E-state index in [1.165, 1.54) is 23.5 Å². The topological polar surface area (TPSA) is 83.4 Å². The van der Waals surface area contributed by atoms with Crippen molar-refractivity contribution in [3.8, 4) is 16.4 Å². The zero-order chi connectivity index (χ0) is 22.9. The summed E-state index contributed by atoms with van der Waals surface area (Å²) in [7, 11) is 0. The molecule has 10 heteroatoms. The first-order chi connectivity index (χ1) is 16.0. The third-order valence-corrected chi connectivity index (χ3v) is 6.93. The van der Waals surface area contributed by atoms with Crippen LogP contribution in [-0.2, 0) is 4.79 Å². The van der Waals surface area contributed by atoms with Gasteiger partial charge in [0.25, 0.3) is 5.91 Å². The van der Waals surface area contributed by atoms with Crippen LogP contribution in [0.3, 0.4) is 0 Å². The van der Waals surface area contributed by atoms with Gasteiger partial charge >= 0.3 is 0 Å². The average Bonchev–Trinajstić information content (AvgIpc) is 3.30. The summed E-state index contributed by atoms with van der Waals surface area (Å²) >= 11 is 1.50. The molecular weight excluding hydrogens is 443 g/mol. The van der Waals surface area contributed by atoms with Crippen molar-refractivity contribution >= 4 is 23.2 Å². The van der Waals surface area contributed by atoms with Gasteiger partial charge in [-0.2, -0.15) is 0 Å². The fourth-order valence-corrected chi connectivity index (χ4v) is 4.60. The molecule has 0 spiro atoms. The smallest absolute Gasteiger partial charge is 0.293 e. The fraction of sp³-hybridized carbons (Fsp3) is 0.391. The Morgan fingerprint density at radius 2 is 1.85 bits per heavy atom. The van der Waals surface area contributed by atoms with Crippen molar-refractivity contribution in [3.05, 3.63) is 53.4 Å². The molecule has 1 unspecified atom stereocenters. The number of hydrogen-bond donors (Lipinski definition) is 1. The van der Waals surface area contributed by atoms with Gasteiger partial charge in [0.05, 0.1) is 16.6 Å². The molecule has 1 aliphatic heterocycles. The SMILES string of the molecule is CC(C(=O)NC1CC1)N1CCN(C(=O)c2nc(-c3cccs3)n(-c3ccc(F)cc3)n2)CC1. The van der Waals surface area contributed by atoms with Crippen LogP contribution in [0.2, 0.25) is 0 Å². The Labute approximate surface area is 195 Å². The molecule has 3 aromatic rings. The van der Waals surface area contributed by atoms with Gasteiger partial charge in [-0.05, 0) is 55.5 Å². The summed E-state index contributed by atoms with van der Waals surface area (Å²) in [5.74, 6) is 0.117. The van der Waals surface area contributed by atoms with E-state index in [0.29, 0.717) is 43.7 Å². The Morgan fingerprint density at radius 3 is 2.48 bits per heavy atom. The van der Waals surface area contributed by atoms with Crippen LogP contribution < -0.4 is 5.32 Å². The summed E-state index contributed by atoms with van der Waals surface area (Å²) in [6, 6.07) is 9.88. The maximum Gasteiger partial charge on any atom is 0.293 e. The fourth-order valence-electron chi connectivity index (χ4n) is 3.90. The summed E-state index contributed by atoms with van der Waals surface area (Å²) in [5.41, 5.74) is 0.631. The third-order valence-electron chi connectivity index (χ3n) is 6.06. The Balaban J connectivity index is 1.31. The predicted molar refractivity (Wildman–Crippen MR) is 123 cm³/mol. The molecule has 0 bridgehead atoms. The molecule has 2 aliphatic rings. The van der Waals surface area contributed by atoms with Gasteiger partial charge in [-0.3, -0.25) is 14.5 Å². The van der Waals surface area contributed by atoms with Gasteiger partial charge < -0.3 is 10.2 Å².